The number of halogens is 3. The molecule has 10 heteroatoms. The highest BCUT2D eigenvalue weighted by atomic mass is 32.2. The van der Waals surface area contributed by atoms with E-state index >= 15 is 0 Å². The second-order valence-corrected chi connectivity index (χ2v) is 11.0. The fourth-order valence-corrected chi connectivity index (χ4v) is 6.08. The Morgan fingerprint density at radius 1 is 1.17 bits per heavy atom. The van der Waals surface area contributed by atoms with Crippen LogP contribution in [0.25, 0.3) is 10.9 Å². The molecule has 1 atom stereocenters. The minimum atomic E-state index is -3.21. The van der Waals surface area contributed by atoms with Gasteiger partial charge in [-0.1, -0.05) is 18.2 Å². The van der Waals surface area contributed by atoms with Gasteiger partial charge in [0.25, 0.3) is 6.43 Å². The van der Waals surface area contributed by atoms with Crippen molar-refractivity contribution in [2.24, 2.45) is 0 Å². The topological polar surface area (TPSA) is 92.1 Å². The highest BCUT2D eigenvalue weighted by Crippen LogP contribution is 2.43. The summed E-state index contributed by atoms with van der Waals surface area (Å²) in [5.74, 6) is -0.741. The van der Waals surface area contributed by atoms with E-state index in [4.69, 9.17) is 4.74 Å². The third kappa shape index (κ3) is 4.65. The molecule has 0 amide bonds. The van der Waals surface area contributed by atoms with Crippen LogP contribution in [-0.4, -0.2) is 32.0 Å². The summed E-state index contributed by atoms with van der Waals surface area (Å²) in [6, 6.07) is 10.7. The smallest absolute Gasteiger partial charge is 0.266 e. The number of hydrogen-bond acceptors (Lipinski definition) is 6. The van der Waals surface area contributed by atoms with Crippen molar-refractivity contribution in [3.8, 4) is 11.8 Å². The summed E-state index contributed by atoms with van der Waals surface area (Å²) >= 11 is 0. The van der Waals surface area contributed by atoms with Crippen LogP contribution in [0.3, 0.4) is 0 Å². The maximum absolute atomic E-state index is 14.7. The maximum atomic E-state index is 14.7. The van der Waals surface area contributed by atoms with Gasteiger partial charge in [0.1, 0.15) is 21.4 Å². The molecule has 2 heterocycles. The number of pyridine rings is 1. The molecule has 0 aliphatic carbocycles. The van der Waals surface area contributed by atoms with E-state index < -0.39 is 39.1 Å². The van der Waals surface area contributed by atoms with Crippen LogP contribution < -0.4 is 10.1 Å². The highest BCUT2D eigenvalue weighted by Gasteiger charge is 2.41. The van der Waals surface area contributed by atoms with Crippen molar-refractivity contribution in [3.05, 3.63) is 65.1 Å². The largest absolute Gasteiger partial charge is 0.496 e. The van der Waals surface area contributed by atoms with E-state index in [1.165, 1.54) is 19.2 Å². The van der Waals surface area contributed by atoms with E-state index in [9.17, 15) is 26.9 Å². The van der Waals surface area contributed by atoms with Gasteiger partial charge in [0.15, 0.2) is 0 Å². The summed E-state index contributed by atoms with van der Waals surface area (Å²) in [4.78, 5) is 4.37. The molecule has 184 valence electrons. The zero-order chi connectivity index (χ0) is 25.4. The minimum Gasteiger partial charge on any atom is -0.496 e. The van der Waals surface area contributed by atoms with Crippen molar-refractivity contribution in [2.45, 2.75) is 37.6 Å². The summed E-state index contributed by atoms with van der Waals surface area (Å²) in [6.45, 7) is 1.66. The Morgan fingerprint density at radius 2 is 1.86 bits per heavy atom. The molecule has 6 nitrogen and oxygen atoms in total. The summed E-state index contributed by atoms with van der Waals surface area (Å²) in [5.41, 5.74) is 0.0326. The maximum Gasteiger partial charge on any atom is 0.266 e. The molecule has 0 saturated carbocycles. The van der Waals surface area contributed by atoms with Crippen molar-refractivity contribution in [1.82, 2.24) is 4.98 Å². The predicted molar refractivity (Wildman–Crippen MR) is 127 cm³/mol. The van der Waals surface area contributed by atoms with Crippen LogP contribution in [-0.2, 0) is 15.3 Å². The van der Waals surface area contributed by atoms with Crippen molar-refractivity contribution in [1.29, 1.82) is 5.26 Å². The molecule has 4 rings (SSSR count). The number of hydrogen-bond donors (Lipinski definition) is 1. The molecule has 0 unspecified atom stereocenters. The number of methoxy groups -OCH3 is 1. The first-order valence-electron chi connectivity index (χ1n) is 11.0. The van der Waals surface area contributed by atoms with Gasteiger partial charge in [-0.15, -0.1) is 0 Å². The molecule has 0 bridgehead atoms. The lowest BCUT2D eigenvalue weighted by Crippen LogP contribution is -2.36. The van der Waals surface area contributed by atoms with Gasteiger partial charge in [-0.05, 0) is 31.9 Å². The average molecular weight is 504 g/mol. The van der Waals surface area contributed by atoms with Crippen molar-refractivity contribution in [3.63, 3.8) is 0 Å². The SMILES string of the molecule is COc1cc2nccc(N[C@H](C)c3cccc(C(F)F)c3F)c2cc1C1(C#N)CCS(=O)(=O)CC1. The number of nitrogens with one attached hydrogen (secondary N) is 1. The number of aromatic nitrogens is 1. The van der Waals surface area contributed by atoms with E-state index in [0.717, 1.165) is 6.07 Å². The first kappa shape index (κ1) is 24.8. The zero-order valence-corrected chi connectivity index (χ0v) is 20.0. The Hall–Kier alpha value is -3.32. The third-order valence-corrected chi connectivity index (χ3v) is 8.26. The average Bonchev–Trinajstić information content (AvgIpc) is 2.84. The number of nitrogens with zero attached hydrogens (tertiary/aromatic N) is 2. The van der Waals surface area contributed by atoms with Gasteiger partial charge in [0.2, 0.25) is 0 Å². The van der Waals surface area contributed by atoms with Crippen molar-refractivity contribution < 1.29 is 26.3 Å². The molecule has 0 radical (unpaired) electrons. The fourth-order valence-electron chi connectivity index (χ4n) is 4.55. The second-order valence-electron chi connectivity index (χ2n) is 8.69. The van der Waals surface area contributed by atoms with Gasteiger partial charge in [-0.3, -0.25) is 4.98 Å². The number of ether oxygens (including phenoxy) is 1. The fraction of sp³-hybridized carbons (Fsp3) is 0.360. The standard InChI is InChI=1S/C25H24F3N3O3S/c1-15(16-4-3-5-17(23(16)26)24(27)28)31-20-6-9-30-21-13-22(34-2)19(12-18(20)21)25(14-29)7-10-35(32,33)11-8-25/h3-6,9,12-13,15,24H,7-8,10-11H2,1-2H3,(H,30,31)/t15-/m1/s1. The zero-order valence-electron chi connectivity index (χ0n) is 19.2. The van der Waals surface area contributed by atoms with E-state index in [1.807, 2.05) is 0 Å². The van der Waals surface area contributed by atoms with Gasteiger partial charge in [-0.25, -0.2) is 21.6 Å². The Labute approximate surface area is 201 Å². The number of anilines is 1. The molecule has 3 aromatic rings. The van der Waals surface area contributed by atoms with E-state index in [2.05, 4.69) is 16.4 Å². The number of benzene rings is 2. The van der Waals surface area contributed by atoms with Crippen molar-refractivity contribution in [2.75, 3.05) is 23.9 Å². The third-order valence-electron chi connectivity index (χ3n) is 6.60. The molecule has 1 fully saturated rings. The summed E-state index contributed by atoms with van der Waals surface area (Å²) in [6.07, 6.45) is -1.10. The number of fused-ring (bicyclic) bond motifs is 1. The molecule has 1 N–H and O–H groups in total. The quantitative estimate of drug-likeness (QED) is 0.480. The summed E-state index contributed by atoms with van der Waals surface area (Å²) in [7, 11) is -1.74. The Kier molecular flexibility index (Phi) is 6.64. The Bertz CT molecular complexity index is 1410. The van der Waals surface area contributed by atoms with Crippen LogP contribution in [0, 0.1) is 17.1 Å². The second kappa shape index (κ2) is 9.38. The lowest BCUT2D eigenvalue weighted by molar-refractivity contribution is 0.146. The lowest BCUT2D eigenvalue weighted by Gasteiger charge is -2.32. The highest BCUT2D eigenvalue weighted by molar-refractivity contribution is 7.91. The molecular formula is C25H24F3N3O3S. The molecule has 2 aromatic carbocycles. The molecule has 1 aliphatic heterocycles. The van der Waals surface area contributed by atoms with Crippen molar-refractivity contribution >= 4 is 26.4 Å². The van der Waals surface area contributed by atoms with Gasteiger partial charge >= 0.3 is 0 Å². The van der Waals surface area contributed by atoms with Crippen LogP contribution in [0.1, 0.15) is 48.9 Å². The normalized spacial score (nSPS) is 17.6. The van der Waals surface area contributed by atoms with Gasteiger partial charge < -0.3 is 10.1 Å². The van der Waals surface area contributed by atoms with E-state index in [1.54, 1.807) is 31.3 Å². The molecule has 1 aliphatic rings. The lowest BCUT2D eigenvalue weighted by atomic mass is 9.76. The first-order valence-corrected chi connectivity index (χ1v) is 12.8. The monoisotopic (exact) mass is 503 g/mol. The minimum absolute atomic E-state index is 0.0903. The number of nitriles is 1. The molecule has 1 saturated heterocycles. The van der Waals surface area contributed by atoms with Crippen LogP contribution >= 0.6 is 0 Å². The van der Waals surface area contributed by atoms with Crippen LogP contribution in [0.5, 0.6) is 5.75 Å². The molecular weight excluding hydrogens is 479 g/mol. The Morgan fingerprint density at radius 3 is 2.49 bits per heavy atom. The Balaban J connectivity index is 1.79. The number of rotatable bonds is 6. The number of alkyl halides is 2. The molecule has 1 aromatic heterocycles. The van der Waals surface area contributed by atoms with Crippen LogP contribution in [0.2, 0.25) is 0 Å². The van der Waals surface area contributed by atoms with Gasteiger partial charge in [0, 0.05) is 34.5 Å². The van der Waals surface area contributed by atoms with Crippen LogP contribution in [0.15, 0.2) is 42.6 Å². The van der Waals surface area contributed by atoms with Gasteiger partial charge in [0.05, 0.1) is 47.2 Å². The first-order chi connectivity index (χ1) is 16.6. The van der Waals surface area contributed by atoms with E-state index in [0.29, 0.717) is 27.9 Å². The summed E-state index contributed by atoms with van der Waals surface area (Å²) < 4.78 is 70.6. The van der Waals surface area contributed by atoms with Gasteiger partial charge in [-0.2, -0.15) is 5.26 Å². The molecule has 35 heavy (non-hydrogen) atoms. The number of sulfone groups is 1. The van der Waals surface area contributed by atoms with E-state index in [-0.39, 0.29) is 29.9 Å². The predicted octanol–water partition coefficient (Wildman–Crippen LogP) is 5.46. The van der Waals surface area contributed by atoms with Crippen LogP contribution in [0.4, 0.5) is 18.9 Å². The molecule has 0 spiro atoms. The summed E-state index contributed by atoms with van der Waals surface area (Å²) in [5, 5.41) is 13.9.